The van der Waals surface area contributed by atoms with Gasteiger partial charge in [0.15, 0.2) is 5.82 Å². The highest BCUT2D eigenvalue weighted by molar-refractivity contribution is 6.33. The van der Waals surface area contributed by atoms with Gasteiger partial charge in [-0.3, -0.25) is 0 Å². The molecule has 5 nitrogen and oxygen atoms in total. The zero-order valence-corrected chi connectivity index (χ0v) is 13.6. The Morgan fingerprint density at radius 2 is 1.91 bits per heavy atom. The molecule has 2 aromatic rings. The van der Waals surface area contributed by atoms with Gasteiger partial charge in [-0.1, -0.05) is 29.8 Å². The Labute approximate surface area is 140 Å². The van der Waals surface area contributed by atoms with E-state index in [-0.39, 0.29) is 12.7 Å². The molecule has 0 bridgehead atoms. The molecule has 0 aliphatic carbocycles. The molecule has 1 aromatic carbocycles. The van der Waals surface area contributed by atoms with Gasteiger partial charge in [0.25, 0.3) is 0 Å². The quantitative estimate of drug-likeness (QED) is 0.911. The summed E-state index contributed by atoms with van der Waals surface area (Å²) in [5.41, 5.74) is 1.67. The molecule has 1 fully saturated rings. The largest absolute Gasteiger partial charge is 0.394 e. The van der Waals surface area contributed by atoms with Crippen molar-refractivity contribution in [1.82, 2.24) is 10.2 Å². The summed E-state index contributed by atoms with van der Waals surface area (Å²) < 4.78 is 5.58. The minimum Gasteiger partial charge on any atom is -0.394 e. The summed E-state index contributed by atoms with van der Waals surface area (Å²) in [5, 5.41) is 18.1. The number of ether oxygens (including phenoxy) is 1. The smallest absolute Gasteiger partial charge is 0.151 e. The standard InChI is InChI=1S/C17H20ClN3O2/c18-15-4-2-1-3-14(15)16-5-6-17(20-19-16)21-9-7-13(8-10-21)23-12-11-22/h1-6,13,22H,7-12H2. The molecule has 0 radical (unpaired) electrons. The lowest BCUT2D eigenvalue weighted by Gasteiger charge is -2.32. The van der Waals surface area contributed by atoms with Crippen LogP contribution in [0.15, 0.2) is 36.4 Å². The lowest BCUT2D eigenvalue weighted by atomic mass is 10.1. The summed E-state index contributed by atoms with van der Waals surface area (Å²) in [7, 11) is 0. The topological polar surface area (TPSA) is 58.5 Å². The molecule has 1 aliphatic rings. The second kappa shape index (κ2) is 7.73. The first-order valence-corrected chi connectivity index (χ1v) is 8.22. The summed E-state index contributed by atoms with van der Waals surface area (Å²) in [5.74, 6) is 0.876. The van der Waals surface area contributed by atoms with Gasteiger partial charge in [0.2, 0.25) is 0 Å². The molecule has 1 aromatic heterocycles. The second-order valence-corrected chi connectivity index (χ2v) is 5.94. The van der Waals surface area contributed by atoms with Crippen LogP contribution in [0.1, 0.15) is 12.8 Å². The van der Waals surface area contributed by atoms with E-state index in [4.69, 9.17) is 21.4 Å². The van der Waals surface area contributed by atoms with Crippen molar-refractivity contribution in [3.8, 4) is 11.3 Å². The average Bonchev–Trinajstić information content (AvgIpc) is 2.61. The van der Waals surface area contributed by atoms with Crippen molar-refractivity contribution in [3.63, 3.8) is 0 Å². The van der Waals surface area contributed by atoms with Crippen LogP contribution in [0.3, 0.4) is 0 Å². The summed E-state index contributed by atoms with van der Waals surface area (Å²) in [4.78, 5) is 2.21. The van der Waals surface area contributed by atoms with E-state index >= 15 is 0 Å². The van der Waals surface area contributed by atoms with Crippen LogP contribution in [0, 0.1) is 0 Å². The lowest BCUT2D eigenvalue weighted by Crippen LogP contribution is -2.37. The number of benzene rings is 1. The second-order valence-electron chi connectivity index (χ2n) is 5.54. The van der Waals surface area contributed by atoms with Crippen LogP contribution in [0.2, 0.25) is 5.02 Å². The van der Waals surface area contributed by atoms with E-state index in [1.165, 1.54) is 0 Å². The third kappa shape index (κ3) is 3.99. The Balaban J connectivity index is 1.63. The molecule has 1 N–H and O–H groups in total. The summed E-state index contributed by atoms with van der Waals surface area (Å²) in [6.45, 7) is 2.26. The maximum atomic E-state index is 8.80. The zero-order valence-electron chi connectivity index (χ0n) is 12.9. The van der Waals surface area contributed by atoms with E-state index in [0.717, 1.165) is 43.0 Å². The zero-order chi connectivity index (χ0) is 16.1. The highest BCUT2D eigenvalue weighted by atomic mass is 35.5. The van der Waals surface area contributed by atoms with Gasteiger partial charge in [0.05, 0.1) is 30.0 Å². The Morgan fingerprint density at radius 1 is 1.13 bits per heavy atom. The van der Waals surface area contributed by atoms with E-state index in [1.54, 1.807) is 0 Å². The molecule has 3 rings (SSSR count). The van der Waals surface area contributed by atoms with Crippen molar-refractivity contribution in [1.29, 1.82) is 0 Å². The van der Waals surface area contributed by atoms with Gasteiger partial charge in [0.1, 0.15) is 0 Å². The number of hydrogen-bond acceptors (Lipinski definition) is 5. The van der Waals surface area contributed by atoms with Crippen LogP contribution >= 0.6 is 11.6 Å². The van der Waals surface area contributed by atoms with Crippen LogP contribution in [0.5, 0.6) is 0 Å². The molecule has 1 saturated heterocycles. The van der Waals surface area contributed by atoms with Crippen molar-refractivity contribution in [2.75, 3.05) is 31.2 Å². The molecule has 0 saturated carbocycles. The number of nitrogens with zero attached hydrogens (tertiary/aromatic N) is 3. The Bertz CT molecular complexity index is 628. The van der Waals surface area contributed by atoms with E-state index in [2.05, 4.69) is 15.1 Å². The van der Waals surface area contributed by atoms with E-state index < -0.39 is 0 Å². The fourth-order valence-corrected chi connectivity index (χ4v) is 3.01. The van der Waals surface area contributed by atoms with Crippen LogP contribution in [-0.2, 0) is 4.74 Å². The fraction of sp³-hybridized carbons (Fsp3) is 0.412. The molecule has 0 atom stereocenters. The van der Waals surface area contributed by atoms with Crippen molar-refractivity contribution in [2.24, 2.45) is 0 Å². The third-order valence-corrected chi connectivity index (χ3v) is 4.34. The molecule has 0 spiro atoms. The summed E-state index contributed by atoms with van der Waals surface area (Å²) >= 11 is 6.20. The molecule has 23 heavy (non-hydrogen) atoms. The molecular weight excluding hydrogens is 314 g/mol. The van der Waals surface area contributed by atoms with Gasteiger partial charge in [-0.2, -0.15) is 0 Å². The number of piperidine rings is 1. The number of aliphatic hydroxyl groups excluding tert-OH is 1. The Kier molecular flexibility index (Phi) is 5.43. The number of halogens is 1. The van der Waals surface area contributed by atoms with Gasteiger partial charge in [-0.15, -0.1) is 10.2 Å². The monoisotopic (exact) mass is 333 g/mol. The summed E-state index contributed by atoms with van der Waals surface area (Å²) in [6.07, 6.45) is 2.11. The third-order valence-electron chi connectivity index (χ3n) is 4.01. The van der Waals surface area contributed by atoms with Gasteiger partial charge < -0.3 is 14.7 Å². The van der Waals surface area contributed by atoms with Crippen LogP contribution in [-0.4, -0.2) is 47.7 Å². The number of rotatable bonds is 5. The van der Waals surface area contributed by atoms with Gasteiger partial charge in [-0.05, 0) is 31.0 Å². The van der Waals surface area contributed by atoms with Crippen LogP contribution in [0.25, 0.3) is 11.3 Å². The first-order chi connectivity index (χ1) is 11.3. The molecule has 2 heterocycles. The average molecular weight is 334 g/mol. The summed E-state index contributed by atoms with van der Waals surface area (Å²) in [6, 6.07) is 11.6. The molecular formula is C17H20ClN3O2. The molecule has 122 valence electrons. The van der Waals surface area contributed by atoms with Crippen LogP contribution in [0.4, 0.5) is 5.82 Å². The van der Waals surface area contributed by atoms with Gasteiger partial charge >= 0.3 is 0 Å². The molecule has 1 aliphatic heterocycles. The number of anilines is 1. The molecule has 0 amide bonds. The van der Waals surface area contributed by atoms with Crippen molar-refractivity contribution in [2.45, 2.75) is 18.9 Å². The fourth-order valence-electron chi connectivity index (χ4n) is 2.78. The van der Waals surface area contributed by atoms with Gasteiger partial charge in [-0.25, -0.2) is 0 Å². The highest BCUT2D eigenvalue weighted by Crippen LogP contribution is 2.27. The lowest BCUT2D eigenvalue weighted by molar-refractivity contribution is 0.0158. The first-order valence-electron chi connectivity index (χ1n) is 7.84. The maximum absolute atomic E-state index is 8.80. The highest BCUT2D eigenvalue weighted by Gasteiger charge is 2.20. The Morgan fingerprint density at radius 3 is 2.57 bits per heavy atom. The normalized spacial score (nSPS) is 15.8. The van der Waals surface area contributed by atoms with Crippen LogP contribution < -0.4 is 4.90 Å². The van der Waals surface area contributed by atoms with Crippen molar-refractivity contribution >= 4 is 17.4 Å². The number of aliphatic hydroxyl groups is 1. The molecule has 6 heteroatoms. The predicted molar refractivity (Wildman–Crippen MR) is 90.8 cm³/mol. The number of hydrogen-bond donors (Lipinski definition) is 1. The van der Waals surface area contributed by atoms with E-state index in [0.29, 0.717) is 11.6 Å². The first kappa shape index (κ1) is 16.2. The minimum absolute atomic E-state index is 0.0786. The van der Waals surface area contributed by atoms with Crippen molar-refractivity contribution < 1.29 is 9.84 Å². The number of aromatic nitrogens is 2. The SMILES string of the molecule is OCCOC1CCN(c2ccc(-c3ccccc3Cl)nn2)CC1. The maximum Gasteiger partial charge on any atom is 0.151 e. The van der Waals surface area contributed by atoms with E-state index in [1.807, 2.05) is 36.4 Å². The minimum atomic E-state index is 0.0786. The molecule has 0 unspecified atom stereocenters. The predicted octanol–water partition coefficient (Wildman–Crippen LogP) is 2.77. The van der Waals surface area contributed by atoms with Crippen molar-refractivity contribution in [3.05, 3.63) is 41.4 Å². The Hall–Kier alpha value is -1.69. The van der Waals surface area contributed by atoms with Gasteiger partial charge in [0, 0.05) is 18.7 Å². The van der Waals surface area contributed by atoms with E-state index in [9.17, 15) is 0 Å².